The van der Waals surface area contributed by atoms with Crippen LogP contribution in [-0.2, 0) is 16.1 Å². The number of ether oxygens (including phenoxy) is 1. The molecule has 0 bridgehead atoms. The minimum atomic E-state index is -0.217. The molecule has 2 rings (SSSR count). The van der Waals surface area contributed by atoms with Gasteiger partial charge in [-0.25, -0.2) is 10.8 Å². The van der Waals surface area contributed by atoms with E-state index >= 15 is 0 Å². The van der Waals surface area contributed by atoms with Crippen molar-refractivity contribution in [3.05, 3.63) is 22.8 Å². The SMILES string of the molecule is CCOC(=O)C1CCCCN1Cc1nc(NN)ccc1Cl. The number of rotatable bonds is 5. The lowest BCUT2D eigenvalue weighted by molar-refractivity contribution is -0.151. The number of likely N-dealkylation sites (tertiary alicyclic amines) is 1. The van der Waals surface area contributed by atoms with E-state index in [1.165, 1.54) is 0 Å². The van der Waals surface area contributed by atoms with Gasteiger partial charge in [-0.1, -0.05) is 18.0 Å². The van der Waals surface area contributed by atoms with Gasteiger partial charge in [-0.05, 0) is 38.4 Å². The van der Waals surface area contributed by atoms with E-state index in [0.29, 0.717) is 29.7 Å². The number of hydrogen-bond acceptors (Lipinski definition) is 6. The van der Waals surface area contributed by atoms with Crippen molar-refractivity contribution in [2.45, 2.75) is 38.8 Å². The summed E-state index contributed by atoms with van der Waals surface area (Å²) >= 11 is 6.19. The van der Waals surface area contributed by atoms with Gasteiger partial charge in [0, 0.05) is 6.54 Å². The molecule has 1 saturated heterocycles. The molecule has 116 valence electrons. The fraction of sp³-hybridized carbons (Fsp3) is 0.571. The van der Waals surface area contributed by atoms with Crippen LogP contribution in [-0.4, -0.2) is 35.0 Å². The van der Waals surface area contributed by atoms with Crippen LogP contribution >= 0.6 is 11.6 Å². The molecule has 1 aromatic heterocycles. The predicted octanol–water partition coefficient (Wildman–Crippen LogP) is 1.94. The van der Waals surface area contributed by atoms with Crippen LogP contribution in [0.3, 0.4) is 0 Å². The smallest absolute Gasteiger partial charge is 0.323 e. The summed E-state index contributed by atoms with van der Waals surface area (Å²) < 4.78 is 5.16. The average Bonchev–Trinajstić information content (AvgIpc) is 2.50. The maximum absolute atomic E-state index is 12.1. The molecule has 0 spiro atoms. The summed E-state index contributed by atoms with van der Waals surface area (Å²) in [5.41, 5.74) is 3.22. The van der Waals surface area contributed by atoms with Crippen molar-refractivity contribution < 1.29 is 9.53 Å². The Morgan fingerprint density at radius 1 is 1.57 bits per heavy atom. The Morgan fingerprint density at radius 3 is 3.10 bits per heavy atom. The zero-order valence-electron chi connectivity index (χ0n) is 12.1. The van der Waals surface area contributed by atoms with Crippen molar-refractivity contribution in [2.24, 2.45) is 5.84 Å². The summed E-state index contributed by atoms with van der Waals surface area (Å²) in [5, 5.41) is 0.571. The zero-order chi connectivity index (χ0) is 15.2. The van der Waals surface area contributed by atoms with Crippen molar-refractivity contribution in [1.82, 2.24) is 9.88 Å². The number of aromatic nitrogens is 1. The lowest BCUT2D eigenvalue weighted by Gasteiger charge is -2.33. The lowest BCUT2D eigenvalue weighted by atomic mass is 10.0. The van der Waals surface area contributed by atoms with Crippen LogP contribution in [0.25, 0.3) is 0 Å². The molecule has 1 atom stereocenters. The maximum atomic E-state index is 12.1. The minimum Gasteiger partial charge on any atom is -0.465 e. The number of piperidine rings is 1. The second-order valence-corrected chi connectivity index (χ2v) is 5.41. The molecule has 1 aliphatic rings. The quantitative estimate of drug-likeness (QED) is 0.491. The van der Waals surface area contributed by atoms with Gasteiger partial charge in [0.05, 0.1) is 17.3 Å². The summed E-state index contributed by atoms with van der Waals surface area (Å²) in [7, 11) is 0. The number of carbonyl (C=O) groups is 1. The van der Waals surface area contributed by atoms with Gasteiger partial charge in [-0.15, -0.1) is 0 Å². The van der Waals surface area contributed by atoms with E-state index in [2.05, 4.69) is 15.3 Å². The molecule has 21 heavy (non-hydrogen) atoms. The lowest BCUT2D eigenvalue weighted by Crippen LogP contribution is -2.45. The highest BCUT2D eigenvalue weighted by Crippen LogP contribution is 2.24. The van der Waals surface area contributed by atoms with Crippen molar-refractivity contribution >= 4 is 23.4 Å². The molecule has 1 fully saturated rings. The van der Waals surface area contributed by atoms with Crippen molar-refractivity contribution in [3.63, 3.8) is 0 Å². The van der Waals surface area contributed by atoms with E-state index in [4.69, 9.17) is 22.2 Å². The summed E-state index contributed by atoms with van der Waals surface area (Å²) in [6.45, 7) is 3.56. The maximum Gasteiger partial charge on any atom is 0.323 e. The topological polar surface area (TPSA) is 80.5 Å². The van der Waals surface area contributed by atoms with Gasteiger partial charge >= 0.3 is 5.97 Å². The number of nitrogens with zero attached hydrogens (tertiary/aromatic N) is 2. The molecule has 0 aromatic carbocycles. The summed E-state index contributed by atoms with van der Waals surface area (Å²) in [5.74, 6) is 5.76. The third-order valence-corrected chi connectivity index (χ3v) is 3.94. The number of nitrogen functional groups attached to an aromatic ring is 1. The second-order valence-electron chi connectivity index (χ2n) is 5.00. The van der Waals surface area contributed by atoms with Crippen LogP contribution in [0.2, 0.25) is 5.02 Å². The molecule has 1 aromatic rings. The first-order chi connectivity index (χ1) is 10.2. The first-order valence-corrected chi connectivity index (χ1v) is 7.56. The van der Waals surface area contributed by atoms with Crippen LogP contribution in [0.4, 0.5) is 5.82 Å². The second kappa shape index (κ2) is 7.59. The normalized spacial score (nSPS) is 19.3. The summed E-state index contributed by atoms with van der Waals surface area (Å²) in [6.07, 6.45) is 2.90. The van der Waals surface area contributed by atoms with Crippen molar-refractivity contribution in [1.29, 1.82) is 0 Å². The molecular formula is C14H21ClN4O2. The van der Waals surface area contributed by atoms with Gasteiger partial charge in [0.25, 0.3) is 0 Å². The fourth-order valence-corrected chi connectivity index (χ4v) is 2.72. The molecule has 6 nitrogen and oxygen atoms in total. The third kappa shape index (κ3) is 4.06. The van der Waals surface area contributed by atoms with Crippen LogP contribution in [0.5, 0.6) is 0 Å². The van der Waals surface area contributed by atoms with E-state index < -0.39 is 0 Å². The molecule has 1 unspecified atom stereocenters. The average molecular weight is 313 g/mol. The number of carbonyl (C=O) groups excluding carboxylic acids is 1. The molecule has 0 radical (unpaired) electrons. The monoisotopic (exact) mass is 312 g/mol. The number of anilines is 1. The minimum absolute atomic E-state index is 0.165. The van der Waals surface area contributed by atoms with Crippen molar-refractivity contribution in [2.75, 3.05) is 18.6 Å². The first kappa shape index (κ1) is 16.0. The number of hydrazine groups is 1. The first-order valence-electron chi connectivity index (χ1n) is 7.18. The number of pyridine rings is 1. The standard InChI is InChI=1S/C14H21ClN4O2/c1-2-21-14(20)12-5-3-4-8-19(12)9-11-10(15)6-7-13(17-11)18-16/h6-7,12H,2-5,8-9,16H2,1H3,(H,17,18). The predicted molar refractivity (Wildman–Crippen MR) is 81.7 cm³/mol. The van der Waals surface area contributed by atoms with Crippen LogP contribution in [0.15, 0.2) is 12.1 Å². The van der Waals surface area contributed by atoms with Gasteiger partial charge in [-0.2, -0.15) is 0 Å². The van der Waals surface area contributed by atoms with Crippen LogP contribution < -0.4 is 11.3 Å². The largest absolute Gasteiger partial charge is 0.465 e. The molecule has 0 saturated carbocycles. The van der Waals surface area contributed by atoms with Gasteiger partial charge < -0.3 is 10.2 Å². The van der Waals surface area contributed by atoms with Crippen LogP contribution in [0, 0.1) is 0 Å². The highest BCUT2D eigenvalue weighted by atomic mass is 35.5. The number of hydrogen-bond donors (Lipinski definition) is 2. The van der Waals surface area contributed by atoms with Crippen LogP contribution in [0.1, 0.15) is 31.9 Å². The Labute approximate surface area is 129 Å². The number of nitrogens with one attached hydrogen (secondary N) is 1. The Balaban J connectivity index is 2.13. The molecule has 0 amide bonds. The van der Waals surface area contributed by atoms with Gasteiger partial charge in [0.2, 0.25) is 0 Å². The molecular weight excluding hydrogens is 292 g/mol. The summed E-state index contributed by atoms with van der Waals surface area (Å²) in [6, 6.07) is 3.25. The Morgan fingerprint density at radius 2 is 2.38 bits per heavy atom. The molecule has 7 heteroatoms. The highest BCUT2D eigenvalue weighted by Gasteiger charge is 2.30. The molecule has 2 heterocycles. The number of nitrogens with two attached hydrogens (primary N) is 1. The van der Waals surface area contributed by atoms with Crippen molar-refractivity contribution in [3.8, 4) is 0 Å². The van der Waals surface area contributed by atoms with E-state index in [-0.39, 0.29) is 12.0 Å². The Hall–Kier alpha value is -1.37. The number of esters is 1. The van der Waals surface area contributed by atoms with E-state index in [0.717, 1.165) is 25.8 Å². The molecule has 3 N–H and O–H groups in total. The van der Waals surface area contributed by atoms with Gasteiger partial charge in [0.1, 0.15) is 11.9 Å². The van der Waals surface area contributed by atoms with E-state index in [1.54, 1.807) is 12.1 Å². The third-order valence-electron chi connectivity index (χ3n) is 3.59. The number of halogens is 1. The zero-order valence-corrected chi connectivity index (χ0v) is 12.9. The van der Waals surface area contributed by atoms with Gasteiger partial charge in [-0.3, -0.25) is 9.69 Å². The Kier molecular flexibility index (Phi) is 5.78. The highest BCUT2D eigenvalue weighted by molar-refractivity contribution is 6.31. The van der Waals surface area contributed by atoms with Gasteiger partial charge in [0.15, 0.2) is 0 Å². The van der Waals surface area contributed by atoms with E-state index in [9.17, 15) is 4.79 Å². The fourth-order valence-electron chi connectivity index (χ4n) is 2.55. The molecule has 1 aliphatic heterocycles. The van der Waals surface area contributed by atoms with E-state index in [1.807, 2.05) is 6.92 Å². The summed E-state index contributed by atoms with van der Waals surface area (Å²) in [4.78, 5) is 18.5. The Bertz CT molecular complexity index is 498. The molecule has 0 aliphatic carbocycles.